The number of piperidine rings is 1. The lowest BCUT2D eigenvalue weighted by Gasteiger charge is -2.39. The molecule has 5 nitrogen and oxygen atoms in total. The Morgan fingerprint density at radius 1 is 1.33 bits per heavy atom. The summed E-state index contributed by atoms with van der Waals surface area (Å²) >= 11 is 0. The van der Waals surface area contributed by atoms with Crippen LogP contribution in [0.25, 0.3) is 0 Å². The minimum Gasteiger partial charge on any atom is -0.332 e. The standard InChI is InChI=1S/C18H26N2O3S/c1-14-9-11-20(17(13-14)16-7-5-4-6-8-16)18(21)19-15(2)10-12-24(3,22)23/h4-8,10,12,14-15,17H,9,11,13H2,1-3H3,(H,19,21)/b12-10+/t14-,15-,17+/m1/s1. The molecule has 3 atom stereocenters. The summed E-state index contributed by atoms with van der Waals surface area (Å²) in [6, 6.07) is 9.61. The molecule has 1 heterocycles. The van der Waals surface area contributed by atoms with Crippen LogP contribution in [0.3, 0.4) is 0 Å². The van der Waals surface area contributed by atoms with Crippen LogP contribution >= 0.6 is 0 Å². The number of sulfone groups is 1. The van der Waals surface area contributed by atoms with Crippen molar-refractivity contribution in [1.82, 2.24) is 10.2 Å². The molecule has 1 aromatic rings. The lowest BCUT2D eigenvalue weighted by Crippen LogP contribution is -2.48. The first kappa shape index (κ1) is 18.5. The topological polar surface area (TPSA) is 66.5 Å². The van der Waals surface area contributed by atoms with Gasteiger partial charge in [0.2, 0.25) is 0 Å². The molecule has 1 saturated heterocycles. The maximum atomic E-state index is 12.7. The van der Waals surface area contributed by atoms with Crippen LogP contribution in [0.2, 0.25) is 0 Å². The average Bonchev–Trinajstić information content (AvgIpc) is 2.53. The van der Waals surface area contributed by atoms with Gasteiger partial charge < -0.3 is 10.2 Å². The summed E-state index contributed by atoms with van der Waals surface area (Å²) in [5, 5.41) is 4.00. The van der Waals surface area contributed by atoms with Crippen LogP contribution in [-0.2, 0) is 9.84 Å². The first-order valence-corrected chi connectivity index (χ1v) is 10.2. The molecule has 0 saturated carbocycles. The summed E-state index contributed by atoms with van der Waals surface area (Å²) in [5.74, 6) is 0.571. The molecule has 1 aliphatic heterocycles. The fraction of sp³-hybridized carbons (Fsp3) is 0.500. The molecule has 6 heteroatoms. The lowest BCUT2D eigenvalue weighted by atomic mass is 9.88. The highest BCUT2D eigenvalue weighted by Gasteiger charge is 2.31. The smallest absolute Gasteiger partial charge is 0.318 e. The van der Waals surface area contributed by atoms with Gasteiger partial charge in [0.25, 0.3) is 0 Å². The molecule has 2 rings (SSSR count). The number of carbonyl (C=O) groups is 1. The summed E-state index contributed by atoms with van der Waals surface area (Å²) < 4.78 is 22.4. The van der Waals surface area contributed by atoms with Crippen molar-refractivity contribution in [1.29, 1.82) is 0 Å². The van der Waals surface area contributed by atoms with E-state index < -0.39 is 9.84 Å². The number of nitrogens with one attached hydrogen (secondary N) is 1. The van der Waals surface area contributed by atoms with Crippen LogP contribution in [0.4, 0.5) is 4.79 Å². The molecule has 0 radical (unpaired) electrons. The molecule has 1 fully saturated rings. The summed E-state index contributed by atoms with van der Waals surface area (Å²) in [6.45, 7) is 4.68. The molecule has 24 heavy (non-hydrogen) atoms. The first-order chi connectivity index (χ1) is 11.3. The van der Waals surface area contributed by atoms with Crippen molar-refractivity contribution in [2.75, 3.05) is 12.8 Å². The van der Waals surface area contributed by atoms with Crippen molar-refractivity contribution in [2.45, 2.75) is 38.8 Å². The Bertz CT molecular complexity index is 685. The Morgan fingerprint density at radius 3 is 2.62 bits per heavy atom. The molecule has 1 N–H and O–H groups in total. The molecule has 2 amide bonds. The lowest BCUT2D eigenvalue weighted by molar-refractivity contribution is 0.131. The number of hydrogen-bond acceptors (Lipinski definition) is 3. The maximum absolute atomic E-state index is 12.7. The Labute approximate surface area is 144 Å². The monoisotopic (exact) mass is 350 g/mol. The van der Waals surface area contributed by atoms with Crippen molar-refractivity contribution in [3.8, 4) is 0 Å². The molecular weight excluding hydrogens is 324 g/mol. The summed E-state index contributed by atoms with van der Waals surface area (Å²) in [6.07, 6.45) is 4.54. The van der Waals surface area contributed by atoms with E-state index in [0.29, 0.717) is 12.5 Å². The normalized spacial score (nSPS) is 23.2. The third kappa shape index (κ3) is 5.37. The van der Waals surface area contributed by atoms with E-state index in [1.165, 1.54) is 6.08 Å². The van der Waals surface area contributed by atoms with Gasteiger partial charge in [0.1, 0.15) is 0 Å². The van der Waals surface area contributed by atoms with E-state index >= 15 is 0 Å². The van der Waals surface area contributed by atoms with E-state index in [9.17, 15) is 13.2 Å². The Kier molecular flexibility index (Phi) is 6.04. The number of benzene rings is 1. The van der Waals surface area contributed by atoms with Gasteiger partial charge in [-0.1, -0.05) is 43.3 Å². The zero-order valence-corrected chi connectivity index (χ0v) is 15.3. The van der Waals surface area contributed by atoms with Crippen molar-refractivity contribution in [2.24, 2.45) is 5.92 Å². The average molecular weight is 350 g/mol. The van der Waals surface area contributed by atoms with E-state index in [-0.39, 0.29) is 18.1 Å². The summed E-state index contributed by atoms with van der Waals surface area (Å²) in [5.41, 5.74) is 1.14. The van der Waals surface area contributed by atoms with Crippen molar-refractivity contribution in [3.05, 3.63) is 47.4 Å². The number of rotatable bonds is 4. The van der Waals surface area contributed by atoms with Gasteiger partial charge in [-0.25, -0.2) is 13.2 Å². The predicted octanol–water partition coefficient (Wildman–Crippen LogP) is 3.12. The highest BCUT2D eigenvalue weighted by molar-refractivity contribution is 7.93. The van der Waals surface area contributed by atoms with Crippen LogP contribution < -0.4 is 5.32 Å². The molecule has 132 valence electrons. The van der Waals surface area contributed by atoms with Crippen LogP contribution in [0, 0.1) is 5.92 Å². The van der Waals surface area contributed by atoms with E-state index in [1.807, 2.05) is 23.1 Å². The van der Waals surface area contributed by atoms with Crippen molar-refractivity contribution < 1.29 is 13.2 Å². The Hall–Kier alpha value is -1.82. The molecule has 1 aliphatic rings. The van der Waals surface area contributed by atoms with Crippen LogP contribution in [0.5, 0.6) is 0 Å². The Balaban J connectivity index is 2.09. The maximum Gasteiger partial charge on any atom is 0.318 e. The van der Waals surface area contributed by atoms with E-state index in [1.54, 1.807) is 6.92 Å². The van der Waals surface area contributed by atoms with Gasteiger partial charge in [0.15, 0.2) is 9.84 Å². The second-order valence-corrected chi connectivity index (χ2v) is 8.58. The number of hydrogen-bond donors (Lipinski definition) is 1. The number of nitrogens with zero attached hydrogens (tertiary/aromatic N) is 1. The first-order valence-electron chi connectivity index (χ1n) is 8.26. The molecule has 0 bridgehead atoms. The highest BCUT2D eigenvalue weighted by Crippen LogP contribution is 2.33. The zero-order valence-electron chi connectivity index (χ0n) is 14.5. The van der Waals surface area contributed by atoms with E-state index in [0.717, 1.165) is 30.1 Å². The van der Waals surface area contributed by atoms with Gasteiger partial charge >= 0.3 is 6.03 Å². The molecule has 0 aromatic heterocycles. The van der Waals surface area contributed by atoms with E-state index in [2.05, 4.69) is 24.4 Å². The van der Waals surface area contributed by atoms with Gasteiger partial charge in [0.05, 0.1) is 6.04 Å². The minimum absolute atomic E-state index is 0.0565. The molecular formula is C18H26N2O3S. The third-order valence-corrected chi connectivity index (χ3v) is 4.93. The van der Waals surface area contributed by atoms with Gasteiger partial charge in [0, 0.05) is 24.3 Å². The second kappa shape index (κ2) is 7.83. The second-order valence-electron chi connectivity index (χ2n) is 6.65. The predicted molar refractivity (Wildman–Crippen MR) is 96.3 cm³/mol. The van der Waals surface area contributed by atoms with Gasteiger partial charge in [-0.2, -0.15) is 0 Å². The van der Waals surface area contributed by atoms with E-state index in [4.69, 9.17) is 0 Å². The number of likely N-dealkylation sites (tertiary alicyclic amines) is 1. The van der Waals surface area contributed by atoms with Crippen LogP contribution in [0.15, 0.2) is 41.8 Å². The Morgan fingerprint density at radius 2 is 2.00 bits per heavy atom. The van der Waals surface area contributed by atoms with Crippen LogP contribution in [0.1, 0.15) is 38.3 Å². The number of carbonyl (C=O) groups excluding carboxylic acids is 1. The molecule has 0 aliphatic carbocycles. The minimum atomic E-state index is -3.19. The van der Waals surface area contributed by atoms with Gasteiger partial charge in [-0.05, 0) is 31.2 Å². The number of amides is 2. The highest BCUT2D eigenvalue weighted by atomic mass is 32.2. The fourth-order valence-electron chi connectivity index (χ4n) is 2.96. The SMILES string of the molecule is C[C@@H]1CCN(C(=O)N[C@H](C)/C=C/S(C)(=O)=O)[C@H](c2ccccc2)C1. The fourth-order valence-corrected chi connectivity index (χ4v) is 3.48. The summed E-state index contributed by atoms with van der Waals surface area (Å²) in [4.78, 5) is 14.5. The molecule has 0 spiro atoms. The number of urea groups is 1. The summed E-state index contributed by atoms with van der Waals surface area (Å²) in [7, 11) is -3.19. The van der Waals surface area contributed by atoms with Gasteiger partial charge in [-0.15, -0.1) is 0 Å². The largest absolute Gasteiger partial charge is 0.332 e. The third-order valence-electron chi connectivity index (χ3n) is 4.28. The quantitative estimate of drug-likeness (QED) is 0.907. The zero-order chi connectivity index (χ0) is 17.7. The molecule has 1 aromatic carbocycles. The van der Waals surface area contributed by atoms with Crippen molar-refractivity contribution >= 4 is 15.9 Å². The van der Waals surface area contributed by atoms with Gasteiger partial charge in [-0.3, -0.25) is 0 Å². The van der Waals surface area contributed by atoms with Crippen LogP contribution in [-0.4, -0.2) is 38.2 Å². The molecule has 0 unspecified atom stereocenters. The van der Waals surface area contributed by atoms with Crippen molar-refractivity contribution in [3.63, 3.8) is 0 Å².